The molecule has 0 saturated carbocycles. The van der Waals surface area contributed by atoms with Gasteiger partial charge in [0, 0.05) is 18.5 Å². The highest BCUT2D eigenvalue weighted by molar-refractivity contribution is 5.73. The van der Waals surface area contributed by atoms with Crippen molar-refractivity contribution in [1.82, 2.24) is 10.4 Å². The molecule has 7 heteroatoms. The average molecular weight is 214 g/mol. The van der Waals surface area contributed by atoms with Crippen molar-refractivity contribution < 1.29 is 13.2 Å². The first-order valence-electron chi connectivity index (χ1n) is 3.97. The lowest BCUT2D eigenvalue weighted by Crippen LogP contribution is -2.54. The Morgan fingerprint density at radius 3 is 2.80 bits per heavy atom. The third-order valence-corrected chi connectivity index (χ3v) is 2.04. The number of nitrogens with one attached hydrogen (secondary N) is 1. The maximum absolute atomic E-state index is 12.6. The summed E-state index contributed by atoms with van der Waals surface area (Å²) in [7, 11) is 0. The molecule has 0 saturated heterocycles. The number of aliphatic imine (C=N–C) groups is 1. The van der Waals surface area contributed by atoms with Crippen molar-refractivity contribution in [3.63, 3.8) is 0 Å². The van der Waals surface area contributed by atoms with Gasteiger partial charge < -0.3 is 0 Å². The zero-order valence-electron chi connectivity index (χ0n) is 7.28. The molecular weight excluding hydrogens is 209 g/mol. The first-order valence-corrected chi connectivity index (χ1v) is 3.97. The number of nitrogens with zero attached hydrogens (tertiary/aromatic N) is 3. The largest absolute Gasteiger partial charge is 0.425 e. The summed E-state index contributed by atoms with van der Waals surface area (Å²) in [5, 5.41) is 9.69. The lowest BCUT2D eigenvalue weighted by Gasteiger charge is -2.25. The topological polar surface area (TPSA) is 51.4 Å². The van der Waals surface area contributed by atoms with Gasteiger partial charge in [0.15, 0.2) is 0 Å². The van der Waals surface area contributed by atoms with Crippen LogP contribution in [0.25, 0.3) is 0 Å². The highest BCUT2D eigenvalue weighted by Crippen LogP contribution is 2.37. The van der Waals surface area contributed by atoms with Crippen molar-refractivity contribution >= 4 is 6.21 Å². The number of hydrazine groups is 1. The zero-order valence-corrected chi connectivity index (χ0v) is 7.28. The minimum atomic E-state index is -4.69. The Labute approximate surface area is 83.0 Å². The maximum Gasteiger partial charge on any atom is 0.425 e. The maximum atomic E-state index is 12.6. The van der Waals surface area contributed by atoms with E-state index in [0.29, 0.717) is 0 Å². The van der Waals surface area contributed by atoms with E-state index in [1.807, 2.05) is 0 Å². The first kappa shape index (κ1) is 9.73. The molecule has 0 aromatic rings. The van der Waals surface area contributed by atoms with Gasteiger partial charge in [-0.1, -0.05) is 0 Å². The fourth-order valence-corrected chi connectivity index (χ4v) is 1.27. The molecule has 1 atom stereocenters. The van der Waals surface area contributed by atoms with Gasteiger partial charge in [0.05, 0.1) is 0 Å². The molecule has 0 aliphatic carbocycles. The molecule has 4 nitrogen and oxygen atoms in total. The van der Waals surface area contributed by atoms with E-state index in [0.717, 1.165) is 11.1 Å². The minimum Gasteiger partial charge on any atom is -0.265 e. The van der Waals surface area contributed by atoms with Crippen LogP contribution in [0.1, 0.15) is 0 Å². The van der Waals surface area contributed by atoms with Crippen molar-refractivity contribution in [3.05, 3.63) is 24.2 Å². The van der Waals surface area contributed by atoms with Gasteiger partial charge in [-0.15, -0.1) is 0 Å². The molecule has 0 fully saturated rings. The summed E-state index contributed by atoms with van der Waals surface area (Å²) in [4.78, 5) is 3.71. The summed E-state index contributed by atoms with van der Waals surface area (Å²) < 4.78 is 37.9. The molecule has 0 radical (unpaired) electrons. The quantitative estimate of drug-likeness (QED) is 0.656. The molecule has 0 aromatic heterocycles. The van der Waals surface area contributed by atoms with Crippen LogP contribution in [0.3, 0.4) is 0 Å². The van der Waals surface area contributed by atoms with Crippen LogP contribution in [0.5, 0.6) is 0 Å². The van der Waals surface area contributed by atoms with Gasteiger partial charge in [-0.05, 0) is 6.08 Å². The molecule has 0 spiro atoms. The van der Waals surface area contributed by atoms with E-state index >= 15 is 0 Å². The second-order valence-electron chi connectivity index (χ2n) is 3.02. The number of nitriles is 1. The molecule has 1 unspecified atom stereocenters. The monoisotopic (exact) mass is 214 g/mol. The van der Waals surface area contributed by atoms with E-state index in [2.05, 4.69) is 10.4 Å². The highest BCUT2D eigenvalue weighted by Gasteiger charge is 2.58. The summed E-state index contributed by atoms with van der Waals surface area (Å²) in [6.45, 7) is 0. The number of halogens is 3. The van der Waals surface area contributed by atoms with E-state index < -0.39 is 11.7 Å². The number of hydrogen-bond donors (Lipinski definition) is 1. The average Bonchev–Trinajstić information content (AvgIpc) is 2.56. The van der Waals surface area contributed by atoms with Gasteiger partial charge in [-0.2, -0.15) is 23.9 Å². The van der Waals surface area contributed by atoms with Crippen LogP contribution in [-0.2, 0) is 0 Å². The summed E-state index contributed by atoms with van der Waals surface area (Å²) >= 11 is 0. The Hall–Kier alpha value is -1.81. The second kappa shape index (κ2) is 2.84. The van der Waals surface area contributed by atoms with Gasteiger partial charge in [0.25, 0.3) is 0 Å². The Bertz CT molecular complexity index is 415. The second-order valence-corrected chi connectivity index (χ2v) is 3.02. The molecule has 2 aliphatic heterocycles. The highest BCUT2D eigenvalue weighted by atomic mass is 19.4. The van der Waals surface area contributed by atoms with Gasteiger partial charge in [-0.3, -0.25) is 5.01 Å². The predicted molar refractivity (Wildman–Crippen MR) is 45.1 cm³/mol. The number of alkyl halides is 3. The van der Waals surface area contributed by atoms with Crippen LogP contribution < -0.4 is 5.43 Å². The van der Waals surface area contributed by atoms with Gasteiger partial charge in [-0.25, -0.2) is 4.99 Å². The molecular formula is C8H5F3N4. The van der Waals surface area contributed by atoms with Crippen molar-refractivity contribution in [3.8, 4) is 6.07 Å². The van der Waals surface area contributed by atoms with Crippen LogP contribution in [0, 0.1) is 11.3 Å². The lowest BCUT2D eigenvalue weighted by molar-refractivity contribution is -0.169. The molecule has 78 valence electrons. The van der Waals surface area contributed by atoms with Crippen LogP contribution in [-0.4, -0.2) is 22.9 Å². The number of hydrogen-bond acceptors (Lipinski definition) is 4. The fraction of sp³-hybridized carbons (Fsp3) is 0.250. The third kappa shape index (κ3) is 1.30. The summed E-state index contributed by atoms with van der Waals surface area (Å²) in [5.41, 5.74) is -0.636. The Balaban J connectivity index is 2.43. The number of allylic oxidation sites excluding steroid dienone is 1. The Morgan fingerprint density at radius 1 is 1.53 bits per heavy atom. The first-order chi connectivity index (χ1) is 6.98. The standard InChI is InChI=1S/C8H5F3N4/c9-8(10,11)7(5-12)4-6-13-2-1-3-15(6)14-7/h1-4,14H. The predicted octanol–water partition coefficient (Wildman–Crippen LogP) is 1.07. The summed E-state index contributed by atoms with van der Waals surface area (Å²) in [5.74, 6) is 0.0661. The SMILES string of the molecule is N#CC1(C(F)(F)F)C=C2N=CC=CN2N1. The molecule has 1 N–H and O–H groups in total. The van der Waals surface area contributed by atoms with Crippen molar-refractivity contribution in [2.45, 2.75) is 11.7 Å². The van der Waals surface area contributed by atoms with E-state index in [1.165, 1.54) is 24.6 Å². The number of fused-ring (bicyclic) bond motifs is 1. The van der Waals surface area contributed by atoms with E-state index in [-0.39, 0.29) is 5.82 Å². The van der Waals surface area contributed by atoms with Crippen LogP contribution in [0.4, 0.5) is 13.2 Å². The molecule has 0 amide bonds. The Kier molecular flexibility index (Phi) is 1.84. The van der Waals surface area contributed by atoms with Crippen molar-refractivity contribution in [1.29, 1.82) is 5.26 Å². The molecule has 0 aromatic carbocycles. The Morgan fingerprint density at radius 2 is 2.27 bits per heavy atom. The third-order valence-electron chi connectivity index (χ3n) is 2.04. The van der Waals surface area contributed by atoms with E-state index in [9.17, 15) is 13.2 Å². The van der Waals surface area contributed by atoms with E-state index in [1.54, 1.807) is 0 Å². The molecule has 0 bridgehead atoms. The molecule has 2 heterocycles. The minimum absolute atomic E-state index is 0.0661. The lowest BCUT2D eigenvalue weighted by atomic mass is 10.0. The van der Waals surface area contributed by atoms with Gasteiger partial charge >= 0.3 is 6.18 Å². The normalized spacial score (nSPS) is 28.7. The van der Waals surface area contributed by atoms with Gasteiger partial charge in [0.1, 0.15) is 11.9 Å². The van der Waals surface area contributed by atoms with Crippen molar-refractivity contribution in [2.24, 2.45) is 4.99 Å². The summed E-state index contributed by atoms with van der Waals surface area (Å²) in [6, 6.07) is 1.21. The van der Waals surface area contributed by atoms with Crippen LogP contribution >= 0.6 is 0 Å². The van der Waals surface area contributed by atoms with E-state index in [4.69, 9.17) is 5.26 Å². The van der Waals surface area contributed by atoms with Crippen molar-refractivity contribution in [2.75, 3.05) is 0 Å². The molecule has 2 rings (SSSR count). The van der Waals surface area contributed by atoms with Crippen LogP contribution in [0.15, 0.2) is 29.2 Å². The summed E-state index contributed by atoms with van der Waals surface area (Å²) in [6.07, 6.45) is 0.258. The fourth-order valence-electron chi connectivity index (χ4n) is 1.27. The van der Waals surface area contributed by atoms with Gasteiger partial charge in [0.2, 0.25) is 5.54 Å². The molecule has 2 aliphatic rings. The number of rotatable bonds is 0. The zero-order chi connectivity index (χ0) is 11.1. The molecule has 15 heavy (non-hydrogen) atoms. The van der Waals surface area contributed by atoms with Crippen LogP contribution in [0.2, 0.25) is 0 Å². The smallest absolute Gasteiger partial charge is 0.265 e.